The van der Waals surface area contributed by atoms with Gasteiger partial charge in [0.1, 0.15) is 12.4 Å². The monoisotopic (exact) mass is 369 g/mol. The van der Waals surface area contributed by atoms with Gasteiger partial charge in [-0.3, -0.25) is 9.59 Å². The van der Waals surface area contributed by atoms with E-state index in [9.17, 15) is 9.59 Å². The van der Waals surface area contributed by atoms with Crippen molar-refractivity contribution in [2.75, 3.05) is 20.3 Å². The van der Waals surface area contributed by atoms with Gasteiger partial charge in [0.2, 0.25) is 5.91 Å². The summed E-state index contributed by atoms with van der Waals surface area (Å²) >= 11 is 0. The van der Waals surface area contributed by atoms with Gasteiger partial charge in [0.05, 0.1) is 13.7 Å². The molecule has 0 saturated carbocycles. The highest BCUT2D eigenvalue weighted by atomic mass is 16.5. The maximum absolute atomic E-state index is 11.8. The molecule has 2 aromatic carbocycles. The average molecular weight is 369 g/mol. The Kier molecular flexibility index (Phi) is 8.36. The maximum atomic E-state index is 11.8. The molecular formula is C22H27NO4. The number of carbonyl (C=O) groups is 2. The number of esters is 1. The molecular weight excluding hydrogens is 342 g/mol. The fourth-order valence-electron chi connectivity index (χ4n) is 2.67. The molecule has 27 heavy (non-hydrogen) atoms. The highest BCUT2D eigenvalue weighted by Gasteiger charge is 2.08. The fraction of sp³-hybridized carbons (Fsp3) is 0.364. The quantitative estimate of drug-likeness (QED) is 0.516. The van der Waals surface area contributed by atoms with Gasteiger partial charge in [-0.25, -0.2) is 0 Å². The number of amides is 1. The van der Waals surface area contributed by atoms with Crippen molar-refractivity contribution in [2.24, 2.45) is 0 Å². The molecule has 0 spiro atoms. The van der Waals surface area contributed by atoms with Crippen LogP contribution in [0.15, 0.2) is 48.5 Å². The molecule has 1 N–H and O–H groups in total. The first-order valence-electron chi connectivity index (χ1n) is 9.18. The topological polar surface area (TPSA) is 64.6 Å². The summed E-state index contributed by atoms with van der Waals surface area (Å²) in [5.74, 6) is 0.446. The first-order valence-corrected chi connectivity index (χ1v) is 9.18. The second-order valence-corrected chi connectivity index (χ2v) is 6.37. The number of hydrogen-bond acceptors (Lipinski definition) is 4. The molecule has 0 heterocycles. The van der Waals surface area contributed by atoms with Crippen LogP contribution in [0.3, 0.4) is 0 Å². The molecule has 2 rings (SSSR count). The maximum Gasteiger partial charge on any atom is 0.306 e. The summed E-state index contributed by atoms with van der Waals surface area (Å²) in [6, 6.07) is 15.7. The van der Waals surface area contributed by atoms with Crippen molar-refractivity contribution in [3.8, 4) is 5.75 Å². The van der Waals surface area contributed by atoms with Crippen molar-refractivity contribution < 1.29 is 19.1 Å². The molecule has 0 unspecified atom stereocenters. The third-order valence-corrected chi connectivity index (χ3v) is 4.24. The predicted molar refractivity (Wildman–Crippen MR) is 105 cm³/mol. The number of rotatable bonds is 10. The predicted octanol–water partition coefficient (Wildman–Crippen LogP) is 3.23. The zero-order chi connectivity index (χ0) is 19.5. The van der Waals surface area contributed by atoms with Crippen LogP contribution in [-0.4, -0.2) is 32.1 Å². The molecule has 0 aromatic heterocycles. The van der Waals surface area contributed by atoms with Crippen LogP contribution < -0.4 is 10.1 Å². The molecule has 5 heteroatoms. The van der Waals surface area contributed by atoms with E-state index in [1.165, 1.54) is 5.56 Å². The van der Waals surface area contributed by atoms with E-state index in [0.717, 1.165) is 16.9 Å². The second kappa shape index (κ2) is 11.0. The van der Waals surface area contributed by atoms with Crippen LogP contribution in [0.25, 0.3) is 0 Å². The highest BCUT2D eigenvalue weighted by Crippen LogP contribution is 2.18. The van der Waals surface area contributed by atoms with Crippen LogP contribution in [0.1, 0.15) is 29.5 Å². The Morgan fingerprint density at radius 2 is 1.70 bits per heavy atom. The molecule has 0 aliphatic carbocycles. The number of aryl methyl sites for hydroxylation is 3. The van der Waals surface area contributed by atoms with Crippen LogP contribution in [0.5, 0.6) is 5.75 Å². The van der Waals surface area contributed by atoms with E-state index in [0.29, 0.717) is 25.8 Å². The average Bonchev–Trinajstić information content (AvgIpc) is 2.69. The molecule has 0 bridgehead atoms. The SMILES string of the molecule is COc1ccccc1CCC(=O)OCCNC(=O)CCc1ccc(C)cc1. The Bertz CT molecular complexity index is 740. The van der Waals surface area contributed by atoms with E-state index in [2.05, 4.69) is 5.32 Å². The summed E-state index contributed by atoms with van der Waals surface area (Å²) in [4.78, 5) is 23.7. The van der Waals surface area contributed by atoms with Gasteiger partial charge in [-0.15, -0.1) is 0 Å². The zero-order valence-electron chi connectivity index (χ0n) is 16.0. The Morgan fingerprint density at radius 3 is 2.44 bits per heavy atom. The van der Waals surface area contributed by atoms with Gasteiger partial charge in [0, 0.05) is 12.8 Å². The summed E-state index contributed by atoms with van der Waals surface area (Å²) in [6.07, 6.45) is 1.96. The third kappa shape index (κ3) is 7.52. The van der Waals surface area contributed by atoms with Gasteiger partial charge in [0.15, 0.2) is 0 Å². The van der Waals surface area contributed by atoms with Gasteiger partial charge in [-0.2, -0.15) is 0 Å². The summed E-state index contributed by atoms with van der Waals surface area (Å²) in [5, 5.41) is 2.78. The molecule has 5 nitrogen and oxygen atoms in total. The van der Waals surface area contributed by atoms with Crippen LogP contribution in [0.2, 0.25) is 0 Å². The van der Waals surface area contributed by atoms with Crippen molar-refractivity contribution in [3.05, 3.63) is 65.2 Å². The Balaban J connectivity index is 1.58. The molecule has 0 radical (unpaired) electrons. The number of methoxy groups -OCH3 is 1. The minimum atomic E-state index is -0.283. The lowest BCUT2D eigenvalue weighted by Gasteiger charge is -2.09. The Labute approximate surface area is 160 Å². The number of para-hydroxylation sites is 1. The summed E-state index contributed by atoms with van der Waals surface area (Å²) < 4.78 is 10.4. The van der Waals surface area contributed by atoms with Crippen molar-refractivity contribution in [1.29, 1.82) is 0 Å². The van der Waals surface area contributed by atoms with Gasteiger partial charge < -0.3 is 14.8 Å². The number of ether oxygens (including phenoxy) is 2. The first-order chi connectivity index (χ1) is 13.1. The van der Waals surface area contributed by atoms with E-state index >= 15 is 0 Å². The zero-order valence-corrected chi connectivity index (χ0v) is 16.0. The number of hydrogen-bond donors (Lipinski definition) is 1. The molecule has 0 aliphatic rings. The molecule has 0 fully saturated rings. The van der Waals surface area contributed by atoms with E-state index in [-0.39, 0.29) is 24.9 Å². The Morgan fingerprint density at radius 1 is 0.963 bits per heavy atom. The van der Waals surface area contributed by atoms with Crippen molar-refractivity contribution >= 4 is 11.9 Å². The highest BCUT2D eigenvalue weighted by molar-refractivity contribution is 5.76. The largest absolute Gasteiger partial charge is 0.496 e. The van der Waals surface area contributed by atoms with E-state index in [1.807, 2.05) is 55.5 Å². The van der Waals surface area contributed by atoms with E-state index < -0.39 is 0 Å². The number of benzene rings is 2. The molecule has 144 valence electrons. The van der Waals surface area contributed by atoms with Crippen LogP contribution >= 0.6 is 0 Å². The molecule has 0 atom stereocenters. The Hall–Kier alpha value is -2.82. The minimum Gasteiger partial charge on any atom is -0.496 e. The standard InChI is InChI=1S/C22H27NO4/c1-17-7-9-18(10-8-17)11-13-21(24)23-15-16-27-22(25)14-12-19-5-3-4-6-20(19)26-2/h3-10H,11-16H2,1-2H3,(H,23,24). The van der Waals surface area contributed by atoms with Gasteiger partial charge in [-0.05, 0) is 37.0 Å². The lowest BCUT2D eigenvalue weighted by molar-refractivity contribution is -0.143. The summed E-state index contributed by atoms with van der Waals surface area (Å²) in [7, 11) is 1.61. The van der Waals surface area contributed by atoms with Gasteiger partial charge >= 0.3 is 5.97 Å². The normalized spacial score (nSPS) is 10.3. The molecule has 2 aromatic rings. The van der Waals surface area contributed by atoms with Crippen LogP contribution in [-0.2, 0) is 27.2 Å². The number of carbonyl (C=O) groups excluding carboxylic acids is 2. The molecule has 1 amide bonds. The lowest BCUT2D eigenvalue weighted by atomic mass is 10.1. The van der Waals surface area contributed by atoms with Crippen LogP contribution in [0, 0.1) is 6.92 Å². The van der Waals surface area contributed by atoms with Crippen molar-refractivity contribution in [3.63, 3.8) is 0 Å². The van der Waals surface area contributed by atoms with Crippen molar-refractivity contribution in [1.82, 2.24) is 5.32 Å². The fourth-order valence-corrected chi connectivity index (χ4v) is 2.67. The molecule has 0 saturated heterocycles. The molecule has 0 aliphatic heterocycles. The summed E-state index contributed by atoms with van der Waals surface area (Å²) in [5.41, 5.74) is 3.32. The van der Waals surface area contributed by atoms with Gasteiger partial charge in [0.25, 0.3) is 0 Å². The van der Waals surface area contributed by atoms with E-state index in [4.69, 9.17) is 9.47 Å². The lowest BCUT2D eigenvalue weighted by Crippen LogP contribution is -2.28. The third-order valence-electron chi connectivity index (χ3n) is 4.24. The number of nitrogens with one attached hydrogen (secondary N) is 1. The second-order valence-electron chi connectivity index (χ2n) is 6.37. The van der Waals surface area contributed by atoms with Crippen molar-refractivity contribution in [2.45, 2.75) is 32.6 Å². The first kappa shape index (κ1) is 20.5. The van der Waals surface area contributed by atoms with Gasteiger partial charge in [-0.1, -0.05) is 48.0 Å². The van der Waals surface area contributed by atoms with Crippen LogP contribution in [0.4, 0.5) is 0 Å². The smallest absolute Gasteiger partial charge is 0.306 e. The minimum absolute atomic E-state index is 0.0411. The van der Waals surface area contributed by atoms with E-state index in [1.54, 1.807) is 7.11 Å². The summed E-state index contributed by atoms with van der Waals surface area (Å²) in [6.45, 7) is 2.54.